The Morgan fingerprint density at radius 2 is 1.76 bits per heavy atom. The minimum absolute atomic E-state index is 0.112. The highest BCUT2D eigenvalue weighted by Gasteiger charge is 2.57. The number of carbonyl (C=O) groups is 2. The van der Waals surface area contributed by atoms with Gasteiger partial charge in [-0.15, -0.1) is 0 Å². The lowest BCUT2D eigenvalue weighted by Gasteiger charge is -2.33. The van der Waals surface area contributed by atoms with E-state index in [0.717, 1.165) is 0 Å². The Bertz CT molecular complexity index is 1170. The van der Waals surface area contributed by atoms with Gasteiger partial charge in [0, 0.05) is 38.0 Å². The molecule has 3 N–H and O–H groups in total. The van der Waals surface area contributed by atoms with Crippen LogP contribution in [-0.2, 0) is 9.59 Å². The highest BCUT2D eigenvalue weighted by molar-refractivity contribution is 5.79. The number of rotatable bonds is 9. The van der Waals surface area contributed by atoms with Gasteiger partial charge in [-0.1, -0.05) is 6.07 Å². The molecule has 0 radical (unpaired) electrons. The number of H-pyrrole nitrogens is 1. The van der Waals surface area contributed by atoms with Gasteiger partial charge in [0.25, 0.3) is 5.92 Å². The summed E-state index contributed by atoms with van der Waals surface area (Å²) in [6.45, 7) is 1.61. The summed E-state index contributed by atoms with van der Waals surface area (Å²) < 4.78 is 91.3. The maximum Gasteiger partial charge on any atom is 0.389 e. The fourth-order valence-corrected chi connectivity index (χ4v) is 4.87. The van der Waals surface area contributed by atoms with Crippen LogP contribution >= 0.6 is 0 Å². The molecule has 1 aromatic carbocycles. The first kappa shape index (κ1) is 28.2. The topological polar surface area (TPSA) is 86.9 Å². The normalized spacial score (nSPS) is 22.6. The third-order valence-corrected chi connectivity index (χ3v) is 7.27. The number of halogens is 7. The summed E-state index contributed by atoms with van der Waals surface area (Å²) in [5.74, 6) is -8.15. The Hall–Kier alpha value is -2.86. The van der Waals surface area contributed by atoms with Gasteiger partial charge in [0.2, 0.25) is 17.7 Å². The van der Waals surface area contributed by atoms with Crippen molar-refractivity contribution in [1.82, 2.24) is 20.6 Å². The maximum absolute atomic E-state index is 13.8. The van der Waals surface area contributed by atoms with Crippen molar-refractivity contribution in [3.05, 3.63) is 29.6 Å². The van der Waals surface area contributed by atoms with Gasteiger partial charge < -0.3 is 15.6 Å². The average Bonchev–Trinajstić information content (AvgIpc) is 3.21. The molecule has 38 heavy (non-hydrogen) atoms. The SMILES string of the molecule is C[C@@H](NC(=O)CCC(F)(F)F)c1ccc2nc([C@@H](NC(=O)C[C@H]3CC3(F)F)C3CCC(F)(F)CC3)[nH]c2c1. The monoisotopic (exact) mass is 550 g/mol. The van der Waals surface area contributed by atoms with E-state index in [9.17, 15) is 40.3 Å². The van der Waals surface area contributed by atoms with Crippen LogP contribution in [0.1, 0.15) is 81.8 Å². The lowest BCUT2D eigenvalue weighted by molar-refractivity contribution is -0.144. The van der Waals surface area contributed by atoms with E-state index in [1.165, 1.54) is 0 Å². The third kappa shape index (κ3) is 7.16. The Balaban J connectivity index is 1.50. The first-order valence-electron chi connectivity index (χ1n) is 12.5. The minimum Gasteiger partial charge on any atom is -0.350 e. The summed E-state index contributed by atoms with van der Waals surface area (Å²) in [5.41, 5.74) is 1.57. The molecular weight excluding hydrogens is 521 g/mol. The molecule has 0 spiro atoms. The van der Waals surface area contributed by atoms with Crippen molar-refractivity contribution in [2.45, 2.75) is 88.4 Å². The number of benzene rings is 1. The van der Waals surface area contributed by atoms with Crippen LogP contribution in [0.3, 0.4) is 0 Å². The summed E-state index contributed by atoms with van der Waals surface area (Å²) in [6.07, 6.45) is -7.60. The van der Waals surface area contributed by atoms with E-state index in [0.29, 0.717) is 22.4 Å². The second-order valence-electron chi connectivity index (χ2n) is 10.4. The van der Waals surface area contributed by atoms with Gasteiger partial charge in [0.1, 0.15) is 5.82 Å². The lowest BCUT2D eigenvalue weighted by atomic mass is 9.81. The first-order chi connectivity index (χ1) is 17.6. The zero-order valence-corrected chi connectivity index (χ0v) is 20.6. The van der Waals surface area contributed by atoms with Crippen molar-refractivity contribution < 1.29 is 40.3 Å². The van der Waals surface area contributed by atoms with Crippen LogP contribution < -0.4 is 10.6 Å². The molecule has 0 bridgehead atoms. The van der Waals surface area contributed by atoms with E-state index in [-0.39, 0.29) is 44.4 Å². The second-order valence-corrected chi connectivity index (χ2v) is 10.4. The van der Waals surface area contributed by atoms with E-state index in [4.69, 9.17) is 0 Å². The number of nitrogens with zero attached hydrogens (tertiary/aromatic N) is 1. The smallest absolute Gasteiger partial charge is 0.350 e. The molecule has 2 aliphatic rings. The van der Waals surface area contributed by atoms with Crippen LogP contribution in [0.4, 0.5) is 30.7 Å². The Morgan fingerprint density at radius 1 is 1.11 bits per heavy atom. The molecule has 2 aromatic rings. The highest BCUT2D eigenvalue weighted by Crippen LogP contribution is 2.50. The molecule has 2 aliphatic carbocycles. The lowest BCUT2D eigenvalue weighted by Crippen LogP contribution is -2.38. The van der Waals surface area contributed by atoms with E-state index in [2.05, 4.69) is 20.6 Å². The third-order valence-electron chi connectivity index (χ3n) is 7.27. The number of imidazole rings is 1. The average molecular weight is 551 g/mol. The molecule has 1 aromatic heterocycles. The van der Waals surface area contributed by atoms with Gasteiger partial charge in [-0.25, -0.2) is 22.5 Å². The number of alkyl halides is 7. The molecule has 210 valence electrons. The number of hydrogen-bond donors (Lipinski definition) is 3. The number of carbonyl (C=O) groups excluding carboxylic acids is 2. The second kappa shape index (κ2) is 10.4. The van der Waals surface area contributed by atoms with Crippen molar-refractivity contribution in [2.75, 3.05) is 0 Å². The molecule has 2 saturated carbocycles. The molecule has 2 amide bonds. The fraction of sp³-hybridized carbons (Fsp3) is 0.640. The number of fused-ring (bicyclic) bond motifs is 1. The molecule has 13 heteroatoms. The van der Waals surface area contributed by atoms with Crippen molar-refractivity contribution >= 4 is 22.8 Å². The standard InChI is InChI=1S/C25H29F7N4O2/c1-13(33-19(37)6-9-25(30,31)32)15-2-3-17-18(10-15)35-22(34-17)21(14-4-7-23(26,27)8-5-14)36-20(38)11-16-12-24(16,28)29/h2-3,10,13-14,16,21H,4-9,11-12H2,1H3,(H,33,37)(H,34,35)(H,36,38)/t13-,16+,21+/m1/s1. The van der Waals surface area contributed by atoms with E-state index >= 15 is 0 Å². The highest BCUT2D eigenvalue weighted by atomic mass is 19.4. The van der Waals surface area contributed by atoms with Crippen LogP contribution in [0.2, 0.25) is 0 Å². The van der Waals surface area contributed by atoms with Crippen molar-refractivity contribution in [3.8, 4) is 0 Å². The van der Waals surface area contributed by atoms with Crippen molar-refractivity contribution in [1.29, 1.82) is 0 Å². The largest absolute Gasteiger partial charge is 0.389 e. The van der Waals surface area contributed by atoms with Crippen LogP contribution in [0.5, 0.6) is 0 Å². The van der Waals surface area contributed by atoms with Gasteiger partial charge in [-0.2, -0.15) is 13.2 Å². The zero-order chi connectivity index (χ0) is 27.9. The Kier molecular flexibility index (Phi) is 7.68. The fourth-order valence-electron chi connectivity index (χ4n) is 4.87. The summed E-state index contributed by atoms with van der Waals surface area (Å²) in [6, 6.07) is 3.52. The van der Waals surface area contributed by atoms with Gasteiger partial charge >= 0.3 is 6.18 Å². The molecule has 0 saturated heterocycles. The number of aromatic amines is 1. The van der Waals surface area contributed by atoms with E-state index < -0.39 is 60.7 Å². The van der Waals surface area contributed by atoms with Gasteiger partial charge in [-0.3, -0.25) is 9.59 Å². The number of aromatic nitrogens is 2. The number of nitrogens with one attached hydrogen (secondary N) is 3. The summed E-state index contributed by atoms with van der Waals surface area (Å²) >= 11 is 0. The Labute approximate surface area is 214 Å². The minimum atomic E-state index is -4.44. The first-order valence-corrected chi connectivity index (χ1v) is 12.5. The van der Waals surface area contributed by atoms with Gasteiger partial charge in [0.05, 0.1) is 29.5 Å². The van der Waals surface area contributed by atoms with E-state index in [1.807, 2.05) is 0 Å². The molecule has 0 unspecified atom stereocenters. The summed E-state index contributed by atoms with van der Waals surface area (Å²) in [4.78, 5) is 32.0. The molecule has 1 heterocycles. The number of hydrogen-bond acceptors (Lipinski definition) is 3. The summed E-state index contributed by atoms with van der Waals surface area (Å²) in [7, 11) is 0. The zero-order valence-electron chi connectivity index (χ0n) is 20.6. The quantitative estimate of drug-likeness (QED) is 0.329. The maximum atomic E-state index is 13.8. The van der Waals surface area contributed by atoms with Crippen LogP contribution in [0.15, 0.2) is 18.2 Å². The molecule has 2 fully saturated rings. The van der Waals surface area contributed by atoms with Crippen molar-refractivity contribution in [2.24, 2.45) is 11.8 Å². The predicted octanol–water partition coefficient (Wildman–Crippen LogP) is 6.11. The predicted molar refractivity (Wildman–Crippen MR) is 123 cm³/mol. The van der Waals surface area contributed by atoms with Crippen LogP contribution in [0, 0.1) is 11.8 Å². The van der Waals surface area contributed by atoms with Gasteiger partial charge in [-0.05, 0) is 43.4 Å². The van der Waals surface area contributed by atoms with Gasteiger partial charge in [0.15, 0.2) is 0 Å². The molecule has 0 aliphatic heterocycles. The van der Waals surface area contributed by atoms with Crippen LogP contribution in [-0.4, -0.2) is 39.8 Å². The van der Waals surface area contributed by atoms with Crippen molar-refractivity contribution in [3.63, 3.8) is 0 Å². The molecule has 3 atom stereocenters. The van der Waals surface area contributed by atoms with E-state index in [1.54, 1.807) is 25.1 Å². The van der Waals surface area contributed by atoms with Crippen LogP contribution in [0.25, 0.3) is 11.0 Å². The summed E-state index contributed by atoms with van der Waals surface area (Å²) in [5, 5.41) is 5.25. The molecule has 4 rings (SSSR count). The Morgan fingerprint density at radius 3 is 2.37 bits per heavy atom. The molecule has 6 nitrogen and oxygen atoms in total. The molecular formula is C25H29F7N4O2. The number of amides is 2.